The zero-order valence-electron chi connectivity index (χ0n) is 10.8. The standard InChI is InChI=1S/C13H25NO2/c1-10(2)16-13(15)9-14-12-8-6-4-5-7-11(12)3/h10-12,14H,4-9H2,1-3H3. The molecule has 0 bridgehead atoms. The molecule has 0 aromatic rings. The summed E-state index contributed by atoms with van der Waals surface area (Å²) >= 11 is 0. The van der Waals surface area contributed by atoms with E-state index in [0.717, 1.165) is 0 Å². The van der Waals surface area contributed by atoms with Gasteiger partial charge >= 0.3 is 5.97 Å². The molecule has 0 saturated heterocycles. The molecule has 94 valence electrons. The fraction of sp³-hybridized carbons (Fsp3) is 0.923. The summed E-state index contributed by atoms with van der Waals surface area (Å²) in [4.78, 5) is 11.4. The van der Waals surface area contributed by atoms with E-state index < -0.39 is 0 Å². The molecule has 0 amide bonds. The molecule has 16 heavy (non-hydrogen) atoms. The van der Waals surface area contributed by atoms with Gasteiger partial charge in [0.25, 0.3) is 0 Å². The van der Waals surface area contributed by atoms with Crippen LogP contribution in [0.1, 0.15) is 52.9 Å². The highest BCUT2D eigenvalue weighted by Gasteiger charge is 2.20. The van der Waals surface area contributed by atoms with Crippen LogP contribution in [0, 0.1) is 5.92 Å². The van der Waals surface area contributed by atoms with Gasteiger partial charge in [0.1, 0.15) is 0 Å². The van der Waals surface area contributed by atoms with Crippen molar-refractivity contribution in [2.45, 2.75) is 65.0 Å². The Kier molecular flexibility index (Phi) is 5.81. The maximum absolute atomic E-state index is 11.4. The Bertz CT molecular complexity index is 216. The van der Waals surface area contributed by atoms with Crippen LogP contribution in [0.15, 0.2) is 0 Å². The topological polar surface area (TPSA) is 38.3 Å². The third-order valence-electron chi connectivity index (χ3n) is 3.24. The summed E-state index contributed by atoms with van der Waals surface area (Å²) in [5, 5.41) is 3.34. The summed E-state index contributed by atoms with van der Waals surface area (Å²) in [5.74, 6) is 0.542. The number of hydrogen-bond acceptors (Lipinski definition) is 3. The second kappa shape index (κ2) is 6.89. The van der Waals surface area contributed by atoms with Crippen molar-refractivity contribution in [2.75, 3.05) is 6.54 Å². The largest absolute Gasteiger partial charge is 0.462 e. The molecule has 3 heteroatoms. The van der Waals surface area contributed by atoms with Gasteiger partial charge < -0.3 is 10.1 Å². The maximum Gasteiger partial charge on any atom is 0.320 e. The second-order valence-electron chi connectivity index (χ2n) is 5.14. The normalized spacial score (nSPS) is 26.5. The first-order valence-electron chi connectivity index (χ1n) is 6.52. The quantitative estimate of drug-likeness (QED) is 0.592. The van der Waals surface area contributed by atoms with Gasteiger partial charge in [-0.05, 0) is 32.6 Å². The Morgan fingerprint density at radius 2 is 2.00 bits per heavy atom. The van der Waals surface area contributed by atoms with Crippen molar-refractivity contribution >= 4 is 5.97 Å². The predicted octanol–water partition coefficient (Wildman–Crippen LogP) is 2.50. The number of esters is 1. The predicted molar refractivity (Wildman–Crippen MR) is 65.3 cm³/mol. The highest BCUT2D eigenvalue weighted by atomic mass is 16.5. The van der Waals surface area contributed by atoms with Gasteiger partial charge in [0, 0.05) is 6.04 Å². The summed E-state index contributed by atoms with van der Waals surface area (Å²) in [6, 6.07) is 0.488. The summed E-state index contributed by atoms with van der Waals surface area (Å²) in [7, 11) is 0. The summed E-state index contributed by atoms with van der Waals surface area (Å²) in [6.07, 6.45) is 6.39. The van der Waals surface area contributed by atoms with Crippen LogP contribution >= 0.6 is 0 Å². The molecule has 1 aliphatic carbocycles. The molecule has 1 fully saturated rings. The van der Waals surface area contributed by atoms with Crippen molar-refractivity contribution in [1.29, 1.82) is 0 Å². The molecule has 1 saturated carbocycles. The molecule has 2 unspecified atom stereocenters. The molecule has 0 spiro atoms. The van der Waals surface area contributed by atoms with Crippen LogP contribution in [-0.4, -0.2) is 24.7 Å². The van der Waals surface area contributed by atoms with E-state index in [9.17, 15) is 4.79 Å². The lowest BCUT2D eigenvalue weighted by atomic mass is 9.97. The maximum atomic E-state index is 11.4. The minimum Gasteiger partial charge on any atom is -0.462 e. The second-order valence-corrected chi connectivity index (χ2v) is 5.14. The van der Waals surface area contributed by atoms with E-state index in [1.54, 1.807) is 0 Å². The molecule has 0 aromatic heterocycles. The Morgan fingerprint density at radius 3 is 2.69 bits per heavy atom. The summed E-state index contributed by atoms with van der Waals surface area (Å²) in [5.41, 5.74) is 0. The van der Waals surface area contributed by atoms with Gasteiger partial charge in [-0.25, -0.2) is 0 Å². The van der Waals surface area contributed by atoms with E-state index in [-0.39, 0.29) is 12.1 Å². The SMILES string of the molecule is CC(C)OC(=O)CNC1CCCCCC1C. The van der Waals surface area contributed by atoms with Crippen LogP contribution in [0.4, 0.5) is 0 Å². The van der Waals surface area contributed by atoms with Crippen LogP contribution in [0.25, 0.3) is 0 Å². The number of nitrogens with one attached hydrogen (secondary N) is 1. The van der Waals surface area contributed by atoms with Gasteiger partial charge in [-0.1, -0.05) is 26.2 Å². The van der Waals surface area contributed by atoms with Gasteiger partial charge in [-0.15, -0.1) is 0 Å². The van der Waals surface area contributed by atoms with E-state index in [1.807, 2.05) is 13.8 Å². The van der Waals surface area contributed by atoms with Gasteiger partial charge in [0.05, 0.1) is 12.6 Å². The summed E-state index contributed by atoms with van der Waals surface area (Å²) < 4.78 is 5.11. The first-order valence-corrected chi connectivity index (χ1v) is 6.52. The fourth-order valence-electron chi connectivity index (χ4n) is 2.32. The van der Waals surface area contributed by atoms with Crippen molar-refractivity contribution in [3.63, 3.8) is 0 Å². The third kappa shape index (κ3) is 4.97. The number of carbonyl (C=O) groups excluding carboxylic acids is 1. The Hall–Kier alpha value is -0.570. The lowest BCUT2D eigenvalue weighted by Gasteiger charge is -2.22. The van der Waals surface area contributed by atoms with Crippen molar-refractivity contribution in [3.8, 4) is 0 Å². The molecule has 0 aromatic carbocycles. The molecular formula is C13H25NO2. The number of rotatable bonds is 4. The highest BCUT2D eigenvalue weighted by Crippen LogP contribution is 2.22. The van der Waals surface area contributed by atoms with Crippen molar-refractivity contribution in [1.82, 2.24) is 5.32 Å². The van der Waals surface area contributed by atoms with Crippen LogP contribution in [0.2, 0.25) is 0 Å². The average molecular weight is 227 g/mol. The van der Waals surface area contributed by atoms with Gasteiger partial charge in [0.15, 0.2) is 0 Å². The minimum absolute atomic E-state index is 0.0131. The number of carbonyl (C=O) groups is 1. The van der Waals surface area contributed by atoms with Crippen molar-refractivity contribution in [2.24, 2.45) is 5.92 Å². The first kappa shape index (κ1) is 13.5. The minimum atomic E-state index is -0.133. The van der Waals surface area contributed by atoms with E-state index in [1.165, 1.54) is 32.1 Å². The molecule has 0 heterocycles. The average Bonchev–Trinajstić information content (AvgIpc) is 2.39. The fourth-order valence-corrected chi connectivity index (χ4v) is 2.32. The van der Waals surface area contributed by atoms with E-state index in [0.29, 0.717) is 18.5 Å². The molecule has 1 rings (SSSR count). The van der Waals surface area contributed by atoms with Gasteiger partial charge in [0.2, 0.25) is 0 Å². The highest BCUT2D eigenvalue weighted by molar-refractivity contribution is 5.71. The van der Waals surface area contributed by atoms with Gasteiger partial charge in [-0.3, -0.25) is 4.79 Å². The first-order chi connectivity index (χ1) is 7.59. The van der Waals surface area contributed by atoms with Crippen molar-refractivity contribution < 1.29 is 9.53 Å². The summed E-state index contributed by atoms with van der Waals surface area (Å²) in [6.45, 7) is 6.39. The van der Waals surface area contributed by atoms with Crippen LogP contribution in [0.3, 0.4) is 0 Å². The van der Waals surface area contributed by atoms with Crippen LogP contribution in [0.5, 0.6) is 0 Å². The zero-order valence-corrected chi connectivity index (χ0v) is 10.8. The Labute approximate surface area is 98.9 Å². The number of ether oxygens (including phenoxy) is 1. The van der Waals surface area contributed by atoms with E-state index >= 15 is 0 Å². The molecule has 3 nitrogen and oxygen atoms in total. The molecule has 0 aliphatic heterocycles. The smallest absolute Gasteiger partial charge is 0.320 e. The van der Waals surface area contributed by atoms with Gasteiger partial charge in [-0.2, -0.15) is 0 Å². The molecule has 1 N–H and O–H groups in total. The van der Waals surface area contributed by atoms with E-state index in [4.69, 9.17) is 4.74 Å². The monoisotopic (exact) mass is 227 g/mol. The van der Waals surface area contributed by atoms with E-state index in [2.05, 4.69) is 12.2 Å². The molecule has 0 radical (unpaired) electrons. The Morgan fingerprint density at radius 1 is 1.31 bits per heavy atom. The molecule has 2 atom stereocenters. The Balaban J connectivity index is 2.26. The molecule has 1 aliphatic rings. The van der Waals surface area contributed by atoms with Crippen LogP contribution in [-0.2, 0) is 9.53 Å². The third-order valence-corrected chi connectivity index (χ3v) is 3.24. The number of hydrogen-bond donors (Lipinski definition) is 1. The molecular weight excluding hydrogens is 202 g/mol. The zero-order chi connectivity index (χ0) is 12.0. The van der Waals surface area contributed by atoms with Crippen LogP contribution < -0.4 is 5.32 Å². The lowest BCUT2D eigenvalue weighted by molar-refractivity contribution is -0.146. The lowest BCUT2D eigenvalue weighted by Crippen LogP contribution is -2.38. The van der Waals surface area contributed by atoms with Crippen molar-refractivity contribution in [3.05, 3.63) is 0 Å².